The number of pyridine rings is 1. The van der Waals surface area contributed by atoms with Crippen LogP contribution in [0, 0.1) is 6.92 Å². The molecule has 0 aliphatic carbocycles. The van der Waals surface area contributed by atoms with Crippen LogP contribution >= 0.6 is 11.3 Å². The van der Waals surface area contributed by atoms with Crippen LogP contribution in [0.4, 0.5) is 5.13 Å². The van der Waals surface area contributed by atoms with Crippen LogP contribution in [0.3, 0.4) is 0 Å². The van der Waals surface area contributed by atoms with E-state index in [1.807, 2.05) is 24.4 Å². The number of nitrogens with zero attached hydrogens (tertiary/aromatic N) is 2. The fraction of sp³-hybridized carbons (Fsp3) is 0.0714. The lowest BCUT2D eigenvalue weighted by Crippen LogP contribution is -1.91. The number of aromatic nitrogens is 2. The number of hydrogen-bond donors (Lipinski definition) is 1. The van der Waals surface area contributed by atoms with Gasteiger partial charge in [-0.1, -0.05) is 17.4 Å². The maximum absolute atomic E-state index is 10.4. The number of amides is 1. The van der Waals surface area contributed by atoms with Gasteiger partial charge in [0.25, 0.3) is 0 Å². The van der Waals surface area contributed by atoms with Crippen molar-refractivity contribution in [2.24, 2.45) is 0 Å². The highest BCUT2D eigenvalue weighted by Gasteiger charge is 2.07. The third kappa shape index (κ3) is 2.20. The summed E-state index contributed by atoms with van der Waals surface area (Å²) in [7, 11) is 0. The van der Waals surface area contributed by atoms with Crippen molar-refractivity contribution in [2.75, 3.05) is 5.32 Å². The largest absolute Gasteiger partial charge is 0.305 e. The second kappa shape index (κ2) is 4.78. The Hall–Kier alpha value is -2.27. The lowest BCUT2D eigenvalue weighted by molar-refractivity contribution is -0.105. The van der Waals surface area contributed by atoms with Gasteiger partial charge in [0.05, 0.1) is 10.2 Å². The molecule has 19 heavy (non-hydrogen) atoms. The number of carbonyl (C=O) groups excluding carboxylic acids is 1. The Morgan fingerprint density at radius 2 is 2.21 bits per heavy atom. The highest BCUT2D eigenvalue weighted by molar-refractivity contribution is 7.22. The van der Waals surface area contributed by atoms with Crippen LogP contribution in [0.2, 0.25) is 0 Å². The summed E-state index contributed by atoms with van der Waals surface area (Å²) in [4.78, 5) is 18.9. The molecular weight excluding hydrogens is 258 g/mol. The van der Waals surface area contributed by atoms with Crippen molar-refractivity contribution in [3.8, 4) is 11.1 Å². The number of aryl methyl sites for hydroxylation is 1. The van der Waals surface area contributed by atoms with Crippen LogP contribution in [0.1, 0.15) is 5.56 Å². The third-order valence-corrected chi connectivity index (χ3v) is 3.87. The minimum absolute atomic E-state index is 0.616. The van der Waals surface area contributed by atoms with E-state index in [1.54, 1.807) is 6.20 Å². The van der Waals surface area contributed by atoms with E-state index in [0.29, 0.717) is 11.5 Å². The van der Waals surface area contributed by atoms with Gasteiger partial charge in [-0.15, -0.1) is 0 Å². The Morgan fingerprint density at radius 1 is 1.32 bits per heavy atom. The molecule has 1 N–H and O–H groups in total. The van der Waals surface area contributed by atoms with Crippen LogP contribution in [0.25, 0.3) is 21.3 Å². The minimum Gasteiger partial charge on any atom is -0.305 e. The standard InChI is InChI=1S/C14H11N3OS/c1-9-4-5-15-7-11(9)10-2-3-12-13(6-10)19-14(17-12)16-8-18/h2-8H,1H3,(H,16,17,18). The average molecular weight is 269 g/mol. The Balaban J connectivity index is 2.11. The van der Waals surface area contributed by atoms with Crippen LogP contribution in [0.15, 0.2) is 36.7 Å². The lowest BCUT2D eigenvalue weighted by atomic mass is 10.0. The molecule has 0 unspecified atom stereocenters. The zero-order valence-corrected chi connectivity index (χ0v) is 11.1. The van der Waals surface area contributed by atoms with Crippen molar-refractivity contribution in [3.05, 3.63) is 42.2 Å². The van der Waals surface area contributed by atoms with Crippen molar-refractivity contribution in [3.63, 3.8) is 0 Å². The third-order valence-electron chi connectivity index (χ3n) is 2.92. The van der Waals surface area contributed by atoms with Gasteiger partial charge in [-0.05, 0) is 36.2 Å². The second-order valence-corrected chi connectivity index (χ2v) is 5.18. The SMILES string of the molecule is Cc1ccncc1-c1ccc2nc(NC=O)sc2c1. The number of thiazole rings is 1. The van der Waals surface area contributed by atoms with Crippen molar-refractivity contribution in [1.29, 1.82) is 0 Å². The molecule has 1 amide bonds. The van der Waals surface area contributed by atoms with Gasteiger partial charge in [0, 0.05) is 18.0 Å². The maximum Gasteiger partial charge on any atom is 0.213 e. The summed E-state index contributed by atoms with van der Waals surface area (Å²) in [5, 5.41) is 3.20. The van der Waals surface area contributed by atoms with Gasteiger partial charge in [0.15, 0.2) is 5.13 Å². The molecule has 0 atom stereocenters. The fourth-order valence-corrected chi connectivity index (χ4v) is 2.83. The molecule has 3 aromatic rings. The highest BCUT2D eigenvalue weighted by Crippen LogP contribution is 2.31. The molecule has 0 saturated heterocycles. The maximum atomic E-state index is 10.4. The van der Waals surface area contributed by atoms with E-state index >= 15 is 0 Å². The van der Waals surface area contributed by atoms with Crippen LogP contribution in [-0.4, -0.2) is 16.4 Å². The number of rotatable bonds is 3. The number of benzene rings is 1. The summed E-state index contributed by atoms with van der Waals surface area (Å²) in [6.07, 6.45) is 4.29. The second-order valence-electron chi connectivity index (χ2n) is 4.15. The number of anilines is 1. The number of hydrogen-bond acceptors (Lipinski definition) is 4. The normalized spacial score (nSPS) is 10.6. The molecule has 3 rings (SSSR count). The van der Waals surface area contributed by atoms with Gasteiger partial charge < -0.3 is 5.32 Å². The zero-order chi connectivity index (χ0) is 13.2. The quantitative estimate of drug-likeness (QED) is 0.743. The molecule has 2 heterocycles. The van der Waals surface area contributed by atoms with Crippen molar-refractivity contribution < 1.29 is 4.79 Å². The minimum atomic E-state index is 0.616. The summed E-state index contributed by atoms with van der Waals surface area (Å²) in [5.74, 6) is 0. The molecule has 0 spiro atoms. The number of nitrogens with one attached hydrogen (secondary N) is 1. The molecule has 0 aliphatic rings. The topological polar surface area (TPSA) is 54.9 Å². The Morgan fingerprint density at radius 3 is 3.00 bits per heavy atom. The van der Waals surface area contributed by atoms with Gasteiger partial charge in [-0.2, -0.15) is 0 Å². The van der Waals surface area contributed by atoms with E-state index in [4.69, 9.17) is 0 Å². The van der Waals surface area contributed by atoms with E-state index in [1.165, 1.54) is 16.9 Å². The molecule has 0 radical (unpaired) electrons. The molecule has 2 aromatic heterocycles. The molecule has 0 saturated carbocycles. The van der Waals surface area contributed by atoms with Gasteiger partial charge >= 0.3 is 0 Å². The van der Waals surface area contributed by atoms with Crippen molar-refractivity contribution >= 4 is 33.1 Å². The molecule has 1 aromatic carbocycles. The van der Waals surface area contributed by atoms with E-state index < -0.39 is 0 Å². The summed E-state index contributed by atoms with van der Waals surface area (Å²) in [6.45, 7) is 2.06. The summed E-state index contributed by atoms with van der Waals surface area (Å²) in [5.41, 5.74) is 4.30. The Labute approximate surface area is 114 Å². The first-order chi connectivity index (χ1) is 9.28. The first-order valence-electron chi connectivity index (χ1n) is 5.79. The van der Waals surface area contributed by atoms with Gasteiger partial charge in [0.1, 0.15) is 0 Å². The summed E-state index contributed by atoms with van der Waals surface area (Å²) < 4.78 is 1.05. The first-order valence-corrected chi connectivity index (χ1v) is 6.61. The number of carbonyl (C=O) groups is 1. The first kappa shape index (κ1) is 11.8. The van der Waals surface area contributed by atoms with Crippen LogP contribution in [0.5, 0.6) is 0 Å². The molecule has 5 heteroatoms. The van der Waals surface area contributed by atoms with E-state index in [9.17, 15) is 4.79 Å². The van der Waals surface area contributed by atoms with E-state index in [2.05, 4.69) is 28.3 Å². The van der Waals surface area contributed by atoms with Gasteiger partial charge in [-0.25, -0.2) is 4.98 Å². The lowest BCUT2D eigenvalue weighted by Gasteiger charge is -2.04. The summed E-state index contributed by atoms with van der Waals surface area (Å²) in [6, 6.07) is 8.05. The van der Waals surface area contributed by atoms with E-state index in [0.717, 1.165) is 21.3 Å². The van der Waals surface area contributed by atoms with Crippen LogP contribution < -0.4 is 5.32 Å². The molecule has 4 nitrogen and oxygen atoms in total. The predicted octanol–water partition coefficient (Wildman–Crippen LogP) is 3.24. The molecule has 0 fully saturated rings. The molecule has 0 aliphatic heterocycles. The Kier molecular flexibility index (Phi) is 2.97. The van der Waals surface area contributed by atoms with Gasteiger partial charge in [0.2, 0.25) is 6.41 Å². The molecule has 94 valence electrons. The zero-order valence-electron chi connectivity index (χ0n) is 10.3. The average Bonchev–Trinajstić information content (AvgIpc) is 2.81. The van der Waals surface area contributed by atoms with Crippen LogP contribution in [-0.2, 0) is 4.79 Å². The molecular formula is C14H11N3OS. The van der Waals surface area contributed by atoms with Crippen molar-refractivity contribution in [1.82, 2.24) is 9.97 Å². The molecule has 0 bridgehead atoms. The Bertz CT molecular complexity index is 751. The number of fused-ring (bicyclic) bond motifs is 1. The highest BCUT2D eigenvalue weighted by atomic mass is 32.1. The summed E-state index contributed by atoms with van der Waals surface area (Å²) >= 11 is 1.46. The van der Waals surface area contributed by atoms with E-state index in [-0.39, 0.29) is 0 Å². The monoisotopic (exact) mass is 269 g/mol. The predicted molar refractivity (Wildman–Crippen MR) is 77.3 cm³/mol. The fourth-order valence-electron chi connectivity index (χ4n) is 1.97. The smallest absolute Gasteiger partial charge is 0.213 e. The van der Waals surface area contributed by atoms with Gasteiger partial charge in [-0.3, -0.25) is 9.78 Å². The van der Waals surface area contributed by atoms with Crippen molar-refractivity contribution in [2.45, 2.75) is 6.92 Å².